The highest BCUT2D eigenvalue weighted by atomic mass is 32.1. The van der Waals surface area contributed by atoms with E-state index in [-0.39, 0.29) is 0 Å². The van der Waals surface area contributed by atoms with Crippen molar-refractivity contribution in [2.24, 2.45) is 0 Å². The predicted octanol–water partition coefficient (Wildman–Crippen LogP) is 2.38. The molecule has 3 aromatic heterocycles. The van der Waals surface area contributed by atoms with E-state index in [2.05, 4.69) is 10.1 Å². The Labute approximate surface area is 110 Å². The van der Waals surface area contributed by atoms with Crippen molar-refractivity contribution in [1.82, 2.24) is 14.8 Å². The first kappa shape index (κ1) is 11.4. The minimum Gasteiger partial charge on any atom is -0.387 e. The second kappa shape index (κ2) is 4.51. The van der Waals surface area contributed by atoms with Crippen LogP contribution in [-0.2, 0) is 6.54 Å². The van der Waals surface area contributed by atoms with Crippen LogP contribution in [0.25, 0.3) is 10.8 Å². The number of nitrogens with zero attached hydrogens (tertiary/aromatic N) is 3. The Balaban J connectivity index is 1.92. The number of rotatable bonds is 3. The van der Waals surface area contributed by atoms with Gasteiger partial charge in [-0.25, -0.2) is 9.78 Å². The molecule has 0 amide bonds. The van der Waals surface area contributed by atoms with Gasteiger partial charge in [-0.3, -0.25) is 0 Å². The fraction of sp³-hybridized carbons (Fsp3) is 0.182. The molecule has 0 radical (unpaired) electrons. The van der Waals surface area contributed by atoms with Crippen molar-refractivity contribution in [2.75, 3.05) is 0 Å². The van der Waals surface area contributed by atoms with E-state index in [0.29, 0.717) is 12.4 Å². The topological polar surface area (TPSA) is 60.9 Å². The molecule has 3 aromatic rings. The van der Waals surface area contributed by atoms with Crippen LogP contribution >= 0.6 is 22.7 Å². The van der Waals surface area contributed by atoms with Crippen LogP contribution in [0.15, 0.2) is 32.1 Å². The fourth-order valence-electron chi connectivity index (χ4n) is 1.51. The third-order valence-electron chi connectivity index (χ3n) is 2.29. The van der Waals surface area contributed by atoms with Gasteiger partial charge in [0.15, 0.2) is 0 Å². The first-order chi connectivity index (χ1) is 8.72. The maximum absolute atomic E-state index is 11.7. The number of aromatic nitrogens is 3. The lowest BCUT2D eigenvalue weighted by molar-refractivity contribution is 0.495. The summed E-state index contributed by atoms with van der Waals surface area (Å²) in [6.07, 6.45) is 0. The standard InChI is InChI=1S/C11H9N3O2S2/c1-7-6-18-9(12-7)5-14-11(15)16-10(13-14)8-3-2-4-17-8/h2-4,6H,5H2,1H3. The Morgan fingerprint density at radius 2 is 2.33 bits per heavy atom. The van der Waals surface area contributed by atoms with E-state index in [0.717, 1.165) is 15.6 Å². The Kier molecular flexibility index (Phi) is 2.85. The second-order valence-corrected chi connectivity index (χ2v) is 5.58. The van der Waals surface area contributed by atoms with Gasteiger partial charge in [0.25, 0.3) is 5.89 Å². The molecule has 0 aromatic carbocycles. The monoisotopic (exact) mass is 279 g/mol. The zero-order chi connectivity index (χ0) is 12.5. The number of hydrogen-bond acceptors (Lipinski definition) is 6. The molecule has 3 heterocycles. The van der Waals surface area contributed by atoms with Gasteiger partial charge in [0.1, 0.15) is 11.6 Å². The van der Waals surface area contributed by atoms with Crippen LogP contribution < -0.4 is 5.76 Å². The SMILES string of the molecule is Cc1csc(Cn2nc(-c3cccs3)oc2=O)n1. The minimum absolute atomic E-state index is 0.353. The van der Waals surface area contributed by atoms with E-state index < -0.39 is 5.76 Å². The van der Waals surface area contributed by atoms with Crippen molar-refractivity contribution in [2.45, 2.75) is 13.5 Å². The number of aryl methyl sites for hydroxylation is 1. The zero-order valence-corrected chi connectivity index (χ0v) is 11.1. The Bertz CT molecular complexity index is 709. The van der Waals surface area contributed by atoms with Gasteiger partial charge in [-0.15, -0.1) is 27.8 Å². The molecule has 3 rings (SSSR count). The van der Waals surface area contributed by atoms with Crippen molar-refractivity contribution < 1.29 is 4.42 Å². The third kappa shape index (κ3) is 2.14. The Morgan fingerprint density at radius 3 is 3.00 bits per heavy atom. The van der Waals surface area contributed by atoms with Crippen LogP contribution in [0, 0.1) is 6.92 Å². The van der Waals surface area contributed by atoms with E-state index in [1.165, 1.54) is 27.4 Å². The summed E-state index contributed by atoms with van der Waals surface area (Å²) in [6, 6.07) is 3.76. The molecule has 0 unspecified atom stereocenters. The average molecular weight is 279 g/mol. The molecule has 18 heavy (non-hydrogen) atoms. The lowest BCUT2D eigenvalue weighted by Crippen LogP contribution is -2.16. The van der Waals surface area contributed by atoms with E-state index in [1.54, 1.807) is 0 Å². The molecule has 0 aliphatic rings. The summed E-state index contributed by atoms with van der Waals surface area (Å²) in [5.74, 6) is -0.0884. The molecule has 0 atom stereocenters. The summed E-state index contributed by atoms with van der Waals surface area (Å²) in [4.78, 5) is 16.8. The second-order valence-electron chi connectivity index (χ2n) is 3.69. The molecule has 0 fully saturated rings. The Hall–Kier alpha value is -1.73. The van der Waals surface area contributed by atoms with Gasteiger partial charge in [-0.1, -0.05) is 6.07 Å². The van der Waals surface area contributed by atoms with Gasteiger partial charge in [0, 0.05) is 11.1 Å². The number of thiophene rings is 1. The van der Waals surface area contributed by atoms with E-state index >= 15 is 0 Å². The van der Waals surface area contributed by atoms with E-state index in [1.807, 2.05) is 29.8 Å². The maximum atomic E-state index is 11.7. The number of thiazole rings is 1. The van der Waals surface area contributed by atoms with Crippen LogP contribution in [0.5, 0.6) is 0 Å². The van der Waals surface area contributed by atoms with Crippen LogP contribution in [0.1, 0.15) is 10.7 Å². The van der Waals surface area contributed by atoms with Crippen LogP contribution in [0.4, 0.5) is 0 Å². The van der Waals surface area contributed by atoms with Gasteiger partial charge in [0.05, 0.1) is 4.88 Å². The molecule has 0 saturated heterocycles. The van der Waals surface area contributed by atoms with Crippen molar-refractivity contribution in [3.63, 3.8) is 0 Å². The summed E-state index contributed by atoms with van der Waals surface area (Å²) < 4.78 is 6.42. The molecule has 0 spiro atoms. The first-order valence-electron chi connectivity index (χ1n) is 5.25. The van der Waals surface area contributed by atoms with Crippen LogP contribution in [0.3, 0.4) is 0 Å². The largest absolute Gasteiger partial charge is 0.437 e. The molecule has 0 saturated carbocycles. The Morgan fingerprint density at radius 1 is 1.44 bits per heavy atom. The molecule has 7 heteroatoms. The smallest absolute Gasteiger partial charge is 0.387 e. The summed E-state index contributed by atoms with van der Waals surface area (Å²) >= 11 is 3.00. The van der Waals surface area contributed by atoms with Crippen molar-refractivity contribution in [1.29, 1.82) is 0 Å². The third-order valence-corrected chi connectivity index (χ3v) is 4.10. The summed E-state index contributed by atoms with van der Waals surface area (Å²) in [5, 5.41) is 8.88. The van der Waals surface area contributed by atoms with Gasteiger partial charge >= 0.3 is 5.76 Å². The molecule has 5 nitrogen and oxygen atoms in total. The average Bonchev–Trinajstić information content (AvgIpc) is 3.02. The summed E-state index contributed by atoms with van der Waals surface area (Å²) in [5.41, 5.74) is 0.949. The molecule has 0 bridgehead atoms. The lowest BCUT2D eigenvalue weighted by atomic mass is 10.5. The summed E-state index contributed by atoms with van der Waals surface area (Å²) in [6.45, 7) is 2.27. The quantitative estimate of drug-likeness (QED) is 0.738. The maximum Gasteiger partial charge on any atom is 0.437 e. The van der Waals surface area contributed by atoms with E-state index in [4.69, 9.17) is 4.42 Å². The van der Waals surface area contributed by atoms with Gasteiger partial charge < -0.3 is 4.42 Å². The normalized spacial score (nSPS) is 10.9. The van der Waals surface area contributed by atoms with Crippen molar-refractivity contribution in [3.8, 4) is 10.8 Å². The fourth-order valence-corrected chi connectivity index (χ4v) is 2.91. The zero-order valence-electron chi connectivity index (χ0n) is 9.49. The van der Waals surface area contributed by atoms with Gasteiger partial charge in [0.2, 0.25) is 0 Å². The highest BCUT2D eigenvalue weighted by Crippen LogP contribution is 2.21. The summed E-state index contributed by atoms with van der Waals surface area (Å²) in [7, 11) is 0. The van der Waals surface area contributed by atoms with Crippen LogP contribution in [0.2, 0.25) is 0 Å². The van der Waals surface area contributed by atoms with Crippen molar-refractivity contribution >= 4 is 22.7 Å². The van der Waals surface area contributed by atoms with Gasteiger partial charge in [-0.05, 0) is 18.4 Å². The first-order valence-corrected chi connectivity index (χ1v) is 7.01. The lowest BCUT2D eigenvalue weighted by Gasteiger charge is -1.92. The molecule has 0 aliphatic carbocycles. The van der Waals surface area contributed by atoms with Crippen LogP contribution in [-0.4, -0.2) is 14.8 Å². The molecular formula is C11H9N3O2S2. The van der Waals surface area contributed by atoms with Gasteiger partial charge in [-0.2, -0.15) is 4.68 Å². The minimum atomic E-state index is -0.453. The number of hydrogen-bond donors (Lipinski definition) is 0. The molecule has 0 aliphatic heterocycles. The van der Waals surface area contributed by atoms with E-state index in [9.17, 15) is 4.79 Å². The highest BCUT2D eigenvalue weighted by Gasteiger charge is 2.12. The van der Waals surface area contributed by atoms with Crippen molar-refractivity contribution in [3.05, 3.63) is 44.1 Å². The molecule has 0 N–H and O–H groups in total. The predicted molar refractivity (Wildman–Crippen MR) is 70.0 cm³/mol. The molecule has 92 valence electrons. The highest BCUT2D eigenvalue weighted by molar-refractivity contribution is 7.13. The molecular weight excluding hydrogens is 270 g/mol.